The van der Waals surface area contributed by atoms with E-state index < -0.39 is 17.0 Å². The van der Waals surface area contributed by atoms with Crippen LogP contribution in [-0.4, -0.2) is 5.11 Å². The molecule has 0 bridgehead atoms. The summed E-state index contributed by atoms with van der Waals surface area (Å²) in [6.45, 7) is 14.9. The molecule has 0 unspecified atom stereocenters. The summed E-state index contributed by atoms with van der Waals surface area (Å²) in [7, 11) is 9.78. The molecule has 1 aromatic rings. The molecule has 0 heterocycles. The fraction of sp³-hybridized carbons (Fsp3) is 0.450. The van der Waals surface area contributed by atoms with Crippen LogP contribution in [0.4, 0.5) is 0 Å². The minimum absolute atomic E-state index is 0.0178. The molecule has 4 heteroatoms. The zero-order chi connectivity index (χ0) is 19.0. The van der Waals surface area contributed by atoms with E-state index in [1.807, 2.05) is 32.1 Å². The quantitative estimate of drug-likeness (QED) is 0.478. The fourth-order valence-electron chi connectivity index (χ4n) is 2.24. The first kappa shape index (κ1) is 24.3. The van der Waals surface area contributed by atoms with Crippen LogP contribution in [0.3, 0.4) is 0 Å². The van der Waals surface area contributed by atoms with Gasteiger partial charge in [-0.05, 0) is 61.0 Å². The third-order valence-corrected chi connectivity index (χ3v) is 3.43. The van der Waals surface area contributed by atoms with Gasteiger partial charge in [-0.25, -0.2) is 0 Å². The predicted octanol–water partition coefficient (Wildman–Crippen LogP) is 6.69. The van der Waals surface area contributed by atoms with Crippen LogP contribution in [-0.2, 0) is 27.9 Å². The number of benzene rings is 1. The van der Waals surface area contributed by atoms with Crippen molar-refractivity contribution >= 4 is 18.6 Å². The molecule has 1 N–H and O–H groups in total. The molecule has 0 spiro atoms. The van der Waals surface area contributed by atoms with E-state index in [0.29, 0.717) is 5.75 Å². The van der Waals surface area contributed by atoms with Crippen LogP contribution in [0, 0.1) is 39.0 Å². The second-order valence-electron chi connectivity index (χ2n) is 7.74. The third-order valence-electron chi connectivity index (χ3n) is 3.43. The molecule has 1 nitrogen and oxygen atoms in total. The Labute approximate surface area is 166 Å². The number of hydrogen-bond acceptors (Lipinski definition) is 1. The summed E-state index contributed by atoms with van der Waals surface area (Å²) in [6, 6.07) is 4.18. The molecule has 1 aliphatic carbocycles. The van der Waals surface area contributed by atoms with Crippen LogP contribution in [0.1, 0.15) is 58.2 Å². The molecule has 0 amide bonds. The summed E-state index contributed by atoms with van der Waals surface area (Å²) in [5, 5.41) is 10.4. The molecule has 0 saturated heterocycles. The van der Waals surface area contributed by atoms with Gasteiger partial charge >= 0.3 is 35.6 Å². The SMILES string of the molecule is Cc1cc(C(C)(C)C)c(O)c(C(C)(C)C)c1.[CH]1[CH][CH][CH][CH]1.[Cl][Ti][Cl]. The van der Waals surface area contributed by atoms with Gasteiger partial charge in [0.25, 0.3) is 0 Å². The van der Waals surface area contributed by atoms with Crippen molar-refractivity contribution in [2.24, 2.45) is 0 Å². The van der Waals surface area contributed by atoms with Crippen LogP contribution in [0.5, 0.6) is 5.75 Å². The van der Waals surface area contributed by atoms with Gasteiger partial charge in [0.15, 0.2) is 0 Å². The summed E-state index contributed by atoms with van der Waals surface area (Å²) >= 11 is -0.556. The molecule has 0 aliphatic heterocycles. The molecule has 5 radical (unpaired) electrons. The van der Waals surface area contributed by atoms with Gasteiger partial charge in [0.2, 0.25) is 0 Å². The van der Waals surface area contributed by atoms with Crippen LogP contribution in [0.25, 0.3) is 0 Å². The molecule has 1 aliphatic rings. The van der Waals surface area contributed by atoms with E-state index in [0.717, 1.165) is 11.1 Å². The summed E-state index contributed by atoms with van der Waals surface area (Å²) in [5.41, 5.74) is 3.26. The van der Waals surface area contributed by atoms with E-state index in [2.05, 4.69) is 60.6 Å². The van der Waals surface area contributed by atoms with Crippen molar-refractivity contribution < 1.29 is 22.1 Å². The van der Waals surface area contributed by atoms with Gasteiger partial charge in [-0.2, -0.15) is 0 Å². The van der Waals surface area contributed by atoms with Crippen molar-refractivity contribution in [1.82, 2.24) is 0 Å². The molecule has 1 saturated carbocycles. The Morgan fingerprint density at radius 1 is 0.750 bits per heavy atom. The van der Waals surface area contributed by atoms with Crippen molar-refractivity contribution in [3.63, 3.8) is 0 Å². The van der Waals surface area contributed by atoms with Crippen molar-refractivity contribution in [2.45, 2.75) is 59.3 Å². The standard InChI is InChI=1S/C15H24O.C5H5.2ClH.Ti/c1-10-8-11(14(2,3)4)13(16)12(9-10)15(5,6)7;1-2-4-5-3-1;;;/h8-9,16H,1-7H3;1-5H;2*1H;/q;;;;+2/p-2. The van der Waals surface area contributed by atoms with Crippen LogP contribution in [0.2, 0.25) is 0 Å². The maximum atomic E-state index is 10.4. The molecule has 1 aromatic carbocycles. The van der Waals surface area contributed by atoms with Gasteiger partial charge in [0, 0.05) is 0 Å². The van der Waals surface area contributed by atoms with Crippen LogP contribution >= 0.6 is 18.6 Å². The first-order valence-electron chi connectivity index (χ1n) is 7.92. The summed E-state index contributed by atoms with van der Waals surface area (Å²) in [5.74, 6) is 0.464. The maximum absolute atomic E-state index is 10.4. The normalized spacial score (nSPS) is 14.2. The molecule has 2 rings (SSSR count). The van der Waals surface area contributed by atoms with Gasteiger partial charge in [0.1, 0.15) is 5.75 Å². The Hall–Kier alpha value is 0.314. The first-order chi connectivity index (χ1) is 10.9. The number of rotatable bonds is 0. The van der Waals surface area contributed by atoms with Gasteiger partial charge < -0.3 is 5.11 Å². The summed E-state index contributed by atoms with van der Waals surface area (Å²) in [6.07, 6.45) is 10.0. The van der Waals surface area contributed by atoms with Crippen LogP contribution in [0.15, 0.2) is 12.1 Å². The molecular formula is C20H29Cl2OTi. The number of aryl methyl sites for hydroxylation is 1. The molecular weight excluding hydrogens is 375 g/mol. The number of aromatic hydroxyl groups is 1. The number of halogens is 2. The van der Waals surface area contributed by atoms with Crippen LogP contribution < -0.4 is 0 Å². The van der Waals surface area contributed by atoms with Gasteiger partial charge in [-0.15, -0.1) is 0 Å². The minimum atomic E-state index is -0.556. The molecule has 24 heavy (non-hydrogen) atoms. The van der Waals surface area contributed by atoms with Gasteiger partial charge in [0.05, 0.1) is 0 Å². The monoisotopic (exact) mass is 403 g/mol. The van der Waals surface area contributed by atoms with E-state index in [-0.39, 0.29) is 10.8 Å². The average Bonchev–Trinajstić information content (AvgIpc) is 2.98. The number of hydrogen-bond donors (Lipinski definition) is 1. The number of phenols is 1. The van der Waals surface area contributed by atoms with Gasteiger partial charge in [-0.3, -0.25) is 0 Å². The zero-order valence-electron chi connectivity index (χ0n) is 15.7. The van der Waals surface area contributed by atoms with Crippen molar-refractivity contribution in [3.05, 3.63) is 60.9 Å². The Morgan fingerprint density at radius 3 is 1.21 bits per heavy atom. The van der Waals surface area contributed by atoms with Crippen molar-refractivity contribution in [2.75, 3.05) is 0 Å². The molecule has 0 atom stereocenters. The van der Waals surface area contributed by atoms with Gasteiger partial charge in [-0.1, -0.05) is 59.2 Å². The summed E-state index contributed by atoms with van der Waals surface area (Å²) in [4.78, 5) is 0. The Kier molecular flexibility index (Phi) is 11.3. The second-order valence-corrected chi connectivity index (χ2v) is 10.3. The third kappa shape index (κ3) is 9.13. The Balaban J connectivity index is 0.000000542. The Bertz CT molecular complexity index is 441. The topological polar surface area (TPSA) is 20.2 Å². The predicted molar refractivity (Wildman–Crippen MR) is 103 cm³/mol. The Morgan fingerprint density at radius 2 is 1.00 bits per heavy atom. The van der Waals surface area contributed by atoms with E-state index in [1.54, 1.807) is 0 Å². The summed E-state index contributed by atoms with van der Waals surface area (Å²) < 4.78 is 0. The van der Waals surface area contributed by atoms with E-state index >= 15 is 0 Å². The second kappa shape index (κ2) is 11.1. The molecule has 1 fully saturated rings. The van der Waals surface area contributed by atoms with E-state index in [9.17, 15) is 5.11 Å². The van der Waals surface area contributed by atoms with E-state index in [4.69, 9.17) is 18.6 Å². The molecule has 0 aromatic heterocycles. The fourth-order valence-corrected chi connectivity index (χ4v) is 2.24. The van der Waals surface area contributed by atoms with E-state index in [1.165, 1.54) is 5.56 Å². The van der Waals surface area contributed by atoms with Crippen molar-refractivity contribution in [1.29, 1.82) is 0 Å². The van der Waals surface area contributed by atoms with Crippen molar-refractivity contribution in [3.8, 4) is 5.75 Å². The first-order valence-corrected chi connectivity index (χ1v) is 12.2. The number of phenolic OH excluding ortho intramolecular Hbond substituents is 1. The zero-order valence-corrected chi connectivity index (χ0v) is 18.8. The average molecular weight is 404 g/mol. The molecule has 133 valence electrons.